The molecule has 0 bridgehead atoms. The second-order valence-electron chi connectivity index (χ2n) is 4.99. The zero-order chi connectivity index (χ0) is 16.1. The van der Waals surface area contributed by atoms with Crippen LogP contribution in [0, 0.1) is 0 Å². The Morgan fingerprint density at radius 2 is 1.87 bits per heavy atom. The molecular formula is C17H16N4OS. The summed E-state index contributed by atoms with van der Waals surface area (Å²) in [6.45, 7) is 0. The van der Waals surface area contributed by atoms with Crippen molar-refractivity contribution in [3.63, 3.8) is 0 Å². The average Bonchev–Trinajstić information content (AvgIpc) is 3.01. The summed E-state index contributed by atoms with van der Waals surface area (Å²) in [5, 5.41) is 10.8. The predicted octanol–water partition coefficient (Wildman–Crippen LogP) is 3.21. The number of thioether (sulfide) groups is 1. The van der Waals surface area contributed by atoms with E-state index in [0.29, 0.717) is 5.75 Å². The van der Waals surface area contributed by atoms with Crippen molar-refractivity contribution in [2.24, 2.45) is 7.05 Å². The van der Waals surface area contributed by atoms with Crippen LogP contribution in [0.25, 0.3) is 11.4 Å². The Labute approximate surface area is 138 Å². The summed E-state index contributed by atoms with van der Waals surface area (Å²) >= 11 is 1.52. The summed E-state index contributed by atoms with van der Waals surface area (Å²) in [6.07, 6.45) is 1.66. The number of nitrogens with zero attached hydrogens (tertiary/aromatic N) is 3. The maximum absolute atomic E-state index is 12.0. The molecule has 0 aliphatic rings. The fourth-order valence-electron chi connectivity index (χ4n) is 2.11. The number of rotatable bonds is 5. The van der Waals surface area contributed by atoms with Crippen LogP contribution < -0.4 is 5.32 Å². The molecule has 1 amide bonds. The molecule has 116 valence electrons. The van der Waals surface area contributed by atoms with Gasteiger partial charge in [-0.05, 0) is 36.4 Å². The Hall–Kier alpha value is -2.60. The topological polar surface area (TPSA) is 59.8 Å². The third kappa shape index (κ3) is 3.98. The van der Waals surface area contributed by atoms with Crippen molar-refractivity contribution in [2.45, 2.75) is 4.90 Å². The van der Waals surface area contributed by atoms with Crippen molar-refractivity contribution in [3.05, 3.63) is 60.9 Å². The van der Waals surface area contributed by atoms with Crippen LogP contribution in [0.15, 0.2) is 65.8 Å². The predicted molar refractivity (Wildman–Crippen MR) is 92.2 cm³/mol. The van der Waals surface area contributed by atoms with E-state index in [0.717, 1.165) is 22.0 Å². The van der Waals surface area contributed by atoms with Gasteiger partial charge in [0.15, 0.2) is 5.82 Å². The van der Waals surface area contributed by atoms with E-state index in [1.54, 1.807) is 6.33 Å². The van der Waals surface area contributed by atoms with Crippen LogP contribution in [0.2, 0.25) is 0 Å². The SMILES string of the molecule is Cn1cnnc1-c1ccc(NC(=O)CSc2ccccc2)cc1. The first kappa shape index (κ1) is 15.3. The monoisotopic (exact) mass is 324 g/mol. The molecule has 0 saturated carbocycles. The molecule has 1 N–H and O–H groups in total. The summed E-state index contributed by atoms with van der Waals surface area (Å²) in [5.41, 5.74) is 1.73. The molecule has 23 heavy (non-hydrogen) atoms. The molecular weight excluding hydrogens is 308 g/mol. The molecule has 0 radical (unpaired) electrons. The summed E-state index contributed by atoms with van der Waals surface area (Å²) in [6, 6.07) is 17.5. The number of anilines is 1. The van der Waals surface area contributed by atoms with Crippen LogP contribution in [0.3, 0.4) is 0 Å². The molecule has 0 spiro atoms. The van der Waals surface area contributed by atoms with Crippen molar-refractivity contribution in [3.8, 4) is 11.4 Å². The van der Waals surface area contributed by atoms with Crippen molar-refractivity contribution in [2.75, 3.05) is 11.1 Å². The number of carbonyl (C=O) groups excluding carboxylic acids is 1. The summed E-state index contributed by atoms with van der Waals surface area (Å²) in [7, 11) is 1.89. The van der Waals surface area contributed by atoms with Gasteiger partial charge in [0.05, 0.1) is 5.75 Å². The molecule has 1 aromatic heterocycles. The lowest BCUT2D eigenvalue weighted by Crippen LogP contribution is -2.13. The number of aryl methyl sites for hydroxylation is 1. The molecule has 0 fully saturated rings. The molecule has 0 aliphatic heterocycles. The summed E-state index contributed by atoms with van der Waals surface area (Å²) < 4.78 is 1.85. The van der Waals surface area contributed by atoms with Gasteiger partial charge in [0.2, 0.25) is 5.91 Å². The highest BCUT2D eigenvalue weighted by atomic mass is 32.2. The van der Waals surface area contributed by atoms with Gasteiger partial charge in [-0.25, -0.2) is 0 Å². The maximum atomic E-state index is 12.0. The Morgan fingerprint density at radius 1 is 1.13 bits per heavy atom. The lowest BCUT2D eigenvalue weighted by molar-refractivity contribution is -0.113. The zero-order valence-electron chi connectivity index (χ0n) is 12.6. The lowest BCUT2D eigenvalue weighted by Gasteiger charge is -2.06. The summed E-state index contributed by atoms with van der Waals surface area (Å²) in [5.74, 6) is 1.16. The highest BCUT2D eigenvalue weighted by Gasteiger charge is 2.06. The minimum absolute atomic E-state index is 0.0229. The molecule has 1 heterocycles. The second-order valence-corrected chi connectivity index (χ2v) is 6.04. The van der Waals surface area contributed by atoms with Crippen LogP contribution in [0.1, 0.15) is 0 Å². The first-order chi connectivity index (χ1) is 11.2. The smallest absolute Gasteiger partial charge is 0.234 e. The Bertz CT molecular complexity index is 784. The second kappa shape index (κ2) is 7.11. The third-order valence-electron chi connectivity index (χ3n) is 3.25. The zero-order valence-corrected chi connectivity index (χ0v) is 13.5. The van der Waals surface area contributed by atoms with Gasteiger partial charge in [-0.3, -0.25) is 4.79 Å². The minimum atomic E-state index is -0.0229. The lowest BCUT2D eigenvalue weighted by atomic mass is 10.2. The quantitative estimate of drug-likeness (QED) is 0.732. The molecule has 2 aromatic carbocycles. The van der Waals surface area contributed by atoms with Crippen LogP contribution in [-0.4, -0.2) is 26.4 Å². The van der Waals surface area contributed by atoms with Crippen LogP contribution in [-0.2, 0) is 11.8 Å². The Morgan fingerprint density at radius 3 is 2.52 bits per heavy atom. The van der Waals surface area contributed by atoms with Crippen molar-refractivity contribution in [1.29, 1.82) is 0 Å². The number of hydrogen-bond acceptors (Lipinski definition) is 4. The molecule has 0 aliphatic carbocycles. The normalized spacial score (nSPS) is 10.5. The van der Waals surface area contributed by atoms with E-state index in [1.807, 2.05) is 66.2 Å². The minimum Gasteiger partial charge on any atom is -0.325 e. The van der Waals surface area contributed by atoms with Crippen molar-refractivity contribution < 1.29 is 4.79 Å². The first-order valence-corrected chi connectivity index (χ1v) is 8.13. The molecule has 3 aromatic rings. The van der Waals surface area contributed by atoms with Gasteiger partial charge in [0, 0.05) is 23.2 Å². The van der Waals surface area contributed by atoms with E-state index in [9.17, 15) is 4.79 Å². The third-order valence-corrected chi connectivity index (χ3v) is 4.26. The van der Waals surface area contributed by atoms with Gasteiger partial charge < -0.3 is 9.88 Å². The van der Waals surface area contributed by atoms with Crippen LogP contribution in [0.4, 0.5) is 5.69 Å². The van der Waals surface area contributed by atoms with Gasteiger partial charge in [0.1, 0.15) is 6.33 Å². The highest BCUT2D eigenvalue weighted by molar-refractivity contribution is 8.00. The number of hydrogen-bond donors (Lipinski definition) is 1. The fraction of sp³-hybridized carbons (Fsp3) is 0.118. The molecule has 0 atom stereocenters. The number of benzene rings is 2. The number of aromatic nitrogens is 3. The van der Waals surface area contributed by atoms with Gasteiger partial charge in [-0.15, -0.1) is 22.0 Å². The van der Waals surface area contributed by atoms with Gasteiger partial charge in [-0.1, -0.05) is 18.2 Å². The number of nitrogens with one attached hydrogen (secondary N) is 1. The summed E-state index contributed by atoms with van der Waals surface area (Å²) in [4.78, 5) is 13.1. The molecule has 5 nitrogen and oxygen atoms in total. The molecule has 0 unspecified atom stereocenters. The molecule has 6 heteroatoms. The van der Waals surface area contributed by atoms with Gasteiger partial charge in [-0.2, -0.15) is 0 Å². The van der Waals surface area contributed by atoms with E-state index in [1.165, 1.54) is 11.8 Å². The highest BCUT2D eigenvalue weighted by Crippen LogP contribution is 2.20. The number of amides is 1. The average molecular weight is 324 g/mol. The van der Waals surface area contributed by atoms with Crippen LogP contribution in [0.5, 0.6) is 0 Å². The van der Waals surface area contributed by atoms with E-state index < -0.39 is 0 Å². The van der Waals surface area contributed by atoms with Crippen molar-refractivity contribution in [1.82, 2.24) is 14.8 Å². The molecule has 0 saturated heterocycles. The Balaban J connectivity index is 1.58. The fourth-order valence-corrected chi connectivity index (χ4v) is 2.83. The first-order valence-electron chi connectivity index (χ1n) is 7.14. The van der Waals surface area contributed by atoms with Crippen LogP contribution >= 0.6 is 11.8 Å². The number of carbonyl (C=O) groups is 1. The molecule has 3 rings (SSSR count). The van der Waals surface area contributed by atoms with E-state index in [-0.39, 0.29) is 5.91 Å². The van der Waals surface area contributed by atoms with E-state index >= 15 is 0 Å². The largest absolute Gasteiger partial charge is 0.325 e. The van der Waals surface area contributed by atoms with E-state index in [2.05, 4.69) is 15.5 Å². The standard InChI is InChI=1S/C17H16N4OS/c1-21-12-18-20-17(21)13-7-9-14(10-8-13)19-16(22)11-23-15-5-3-2-4-6-15/h2-10,12H,11H2,1H3,(H,19,22). The Kier molecular flexibility index (Phi) is 4.73. The van der Waals surface area contributed by atoms with E-state index in [4.69, 9.17) is 0 Å². The van der Waals surface area contributed by atoms with Crippen molar-refractivity contribution >= 4 is 23.4 Å². The maximum Gasteiger partial charge on any atom is 0.234 e. The van der Waals surface area contributed by atoms with Gasteiger partial charge in [0.25, 0.3) is 0 Å². The van der Waals surface area contributed by atoms with Gasteiger partial charge >= 0.3 is 0 Å².